The Hall–Kier alpha value is -1.59. The fourth-order valence-electron chi connectivity index (χ4n) is 3.51. The van der Waals surface area contributed by atoms with Gasteiger partial charge in [0.2, 0.25) is 0 Å². The van der Waals surface area contributed by atoms with Gasteiger partial charge in [-0.05, 0) is 25.2 Å². The van der Waals surface area contributed by atoms with Gasteiger partial charge in [0.25, 0.3) is 0 Å². The second-order valence-electron chi connectivity index (χ2n) is 5.86. The van der Waals surface area contributed by atoms with E-state index in [0.29, 0.717) is 0 Å². The normalized spacial score (nSPS) is 19.0. The molecule has 3 rings (SSSR count). The first-order valence-electron chi connectivity index (χ1n) is 8.10. The molecular weight excluding hydrogens is 388 g/mol. The van der Waals surface area contributed by atoms with E-state index in [-0.39, 0.29) is 34.1 Å². The summed E-state index contributed by atoms with van der Waals surface area (Å²) in [6.07, 6.45) is 20.9. The average Bonchev–Trinajstić information content (AvgIpc) is 2.89. The molecule has 0 amide bonds. The Morgan fingerprint density at radius 1 is 1.00 bits per heavy atom. The Morgan fingerprint density at radius 3 is 1.96 bits per heavy atom. The third-order valence-corrected chi connectivity index (χ3v) is 4.45. The molecule has 0 aliphatic heterocycles. The van der Waals surface area contributed by atoms with Crippen LogP contribution in [-0.4, -0.2) is 22.2 Å². The fraction of sp³-hybridized carbons (Fsp3) is 0.450. The zero-order valence-electron chi connectivity index (χ0n) is 14.8. The van der Waals surface area contributed by atoms with Gasteiger partial charge in [-0.2, -0.15) is 5.57 Å². The van der Waals surface area contributed by atoms with Gasteiger partial charge in [0.1, 0.15) is 0 Å². The Balaban J connectivity index is 0. The molecule has 6 heteroatoms. The van der Waals surface area contributed by atoms with E-state index in [2.05, 4.69) is 26.2 Å². The van der Waals surface area contributed by atoms with Crippen LogP contribution in [0.4, 0.5) is 0 Å². The second-order valence-corrected chi connectivity index (χ2v) is 5.86. The van der Waals surface area contributed by atoms with Crippen molar-refractivity contribution < 1.29 is 53.9 Å². The molecule has 2 N–H and O–H groups in total. The summed E-state index contributed by atoms with van der Waals surface area (Å²) >= 11 is 0. The number of aliphatic carboxylic acids is 2. The van der Waals surface area contributed by atoms with Gasteiger partial charge in [-0.15, -0.1) is 24.8 Å². The smallest absolute Gasteiger partial charge is 0.381 e. The summed E-state index contributed by atoms with van der Waals surface area (Å²) in [4.78, 5) is 18.3. The van der Waals surface area contributed by atoms with Crippen molar-refractivity contribution in [2.24, 2.45) is 5.92 Å². The van der Waals surface area contributed by atoms with Gasteiger partial charge in [0.15, 0.2) is 0 Å². The number of fused-ring (bicyclic) bond motifs is 1. The maximum Gasteiger partial charge on any atom is 0.381 e. The Labute approximate surface area is 176 Å². The van der Waals surface area contributed by atoms with Gasteiger partial charge in [0, 0.05) is 33.6 Å². The maximum absolute atomic E-state index is 9.13. The summed E-state index contributed by atoms with van der Waals surface area (Å²) in [6.45, 7) is 2.42. The Kier molecular flexibility index (Phi) is 13.9. The van der Waals surface area contributed by atoms with Crippen LogP contribution in [0.1, 0.15) is 51.9 Å². The molecule has 3 aliphatic carbocycles. The van der Waals surface area contributed by atoms with Crippen molar-refractivity contribution in [3.05, 3.63) is 28.7 Å². The van der Waals surface area contributed by atoms with Crippen LogP contribution in [0.25, 0.3) is 0 Å². The predicted octanol–water partition coefficient (Wildman–Crippen LogP) is 0.601. The molecule has 1 unspecified atom stereocenters. The number of carboxylic acid groups (broad SMARTS) is 2. The van der Waals surface area contributed by atoms with Crippen molar-refractivity contribution in [1.29, 1.82) is 0 Å². The topological polar surface area (TPSA) is 74.6 Å². The number of carbonyl (C=O) groups is 2. The van der Waals surface area contributed by atoms with Gasteiger partial charge < -0.3 is 22.6 Å². The van der Waals surface area contributed by atoms with Crippen LogP contribution in [0.3, 0.4) is 0 Å². The van der Waals surface area contributed by atoms with Gasteiger partial charge in [-0.3, -0.25) is 0 Å². The average molecular weight is 411 g/mol. The molecule has 0 spiro atoms. The van der Waals surface area contributed by atoms with Gasteiger partial charge in [0.05, 0.1) is 0 Å². The van der Waals surface area contributed by atoms with E-state index in [1.807, 2.05) is 0 Å². The maximum atomic E-state index is 9.13. The number of allylic oxidation sites excluding steroid dienone is 4. The molecule has 3 aliphatic rings. The molecule has 140 valence electrons. The van der Waals surface area contributed by atoms with E-state index < -0.39 is 11.9 Å². The minimum atomic E-state index is -1.22. The standard InChI is InChI=1S/C14H19.2C3H2O2.ClH.Ti/c1-10-11-6-2-4-8-13(11)14-9-5-3-7-12(10)14;2*1-2-3(4)5;;/h6,10H,2-5,7-9H2,1H3;2*1H,(H,4,5);1H;/q-1;;;;/p-1. The SMILES string of the molecule is C#CC(=O)O.C#CC(=O)O.CC1C2=C(CCC[CH-]2)C2=C1CCCC2.[Cl-].[Ti]. The van der Waals surface area contributed by atoms with E-state index in [4.69, 9.17) is 19.8 Å². The minimum Gasteiger partial charge on any atom is -1.00 e. The van der Waals surface area contributed by atoms with Crippen LogP contribution in [0, 0.1) is 37.0 Å². The molecule has 0 bridgehead atoms. The molecule has 4 nitrogen and oxygen atoms in total. The zero-order valence-corrected chi connectivity index (χ0v) is 17.2. The van der Waals surface area contributed by atoms with Crippen LogP contribution in [0.15, 0.2) is 22.3 Å². The monoisotopic (exact) mass is 410 g/mol. The second kappa shape index (κ2) is 13.6. The molecule has 26 heavy (non-hydrogen) atoms. The minimum absolute atomic E-state index is 0. The molecular formula is C20H23ClO4Ti-2. The summed E-state index contributed by atoms with van der Waals surface area (Å²) in [5.41, 5.74) is 7.07. The predicted molar refractivity (Wildman–Crippen MR) is 92.8 cm³/mol. The largest absolute Gasteiger partial charge is 1.00 e. The van der Waals surface area contributed by atoms with E-state index in [9.17, 15) is 0 Å². The zero-order chi connectivity index (χ0) is 18.1. The van der Waals surface area contributed by atoms with Crippen molar-refractivity contribution >= 4 is 11.9 Å². The quantitative estimate of drug-likeness (QED) is 0.348. The van der Waals surface area contributed by atoms with Crippen LogP contribution in [-0.2, 0) is 31.3 Å². The van der Waals surface area contributed by atoms with Gasteiger partial charge >= 0.3 is 11.9 Å². The number of hydrogen-bond acceptors (Lipinski definition) is 2. The van der Waals surface area contributed by atoms with E-state index in [1.165, 1.54) is 56.8 Å². The fourth-order valence-corrected chi connectivity index (χ4v) is 3.51. The molecule has 1 atom stereocenters. The van der Waals surface area contributed by atoms with Crippen molar-refractivity contribution in [2.45, 2.75) is 51.9 Å². The van der Waals surface area contributed by atoms with Crippen molar-refractivity contribution in [3.63, 3.8) is 0 Å². The third-order valence-electron chi connectivity index (χ3n) is 4.45. The van der Waals surface area contributed by atoms with E-state index in [0.717, 1.165) is 5.92 Å². The third kappa shape index (κ3) is 7.75. The molecule has 0 saturated heterocycles. The summed E-state index contributed by atoms with van der Waals surface area (Å²) < 4.78 is 0. The van der Waals surface area contributed by atoms with Crippen molar-refractivity contribution in [3.8, 4) is 24.7 Å². The van der Waals surface area contributed by atoms with Crippen LogP contribution in [0.2, 0.25) is 0 Å². The number of halogens is 1. The first-order chi connectivity index (χ1) is 11.4. The van der Waals surface area contributed by atoms with Crippen molar-refractivity contribution in [2.75, 3.05) is 0 Å². The van der Waals surface area contributed by atoms with E-state index >= 15 is 0 Å². The Morgan fingerprint density at radius 2 is 1.46 bits per heavy atom. The van der Waals surface area contributed by atoms with Crippen LogP contribution in [0.5, 0.6) is 0 Å². The van der Waals surface area contributed by atoms with E-state index in [1.54, 1.807) is 22.3 Å². The van der Waals surface area contributed by atoms with Crippen LogP contribution >= 0.6 is 0 Å². The summed E-state index contributed by atoms with van der Waals surface area (Å²) in [5.74, 6) is 1.23. The van der Waals surface area contributed by atoms with Crippen LogP contribution < -0.4 is 12.4 Å². The first-order valence-corrected chi connectivity index (χ1v) is 8.10. The molecule has 0 aromatic rings. The first kappa shape index (κ1) is 26.6. The number of hydrogen-bond donors (Lipinski definition) is 2. The summed E-state index contributed by atoms with van der Waals surface area (Å²) in [7, 11) is 0. The van der Waals surface area contributed by atoms with Gasteiger partial charge in [-0.25, -0.2) is 21.6 Å². The molecule has 0 aromatic carbocycles. The number of terminal acetylenes is 2. The number of carboxylic acids is 2. The number of rotatable bonds is 0. The molecule has 0 aromatic heterocycles. The molecule has 0 fully saturated rings. The molecule has 0 saturated carbocycles. The van der Waals surface area contributed by atoms with Crippen molar-refractivity contribution in [1.82, 2.24) is 0 Å². The molecule has 0 heterocycles. The van der Waals surface area contributed by atoms with Gasteiger partial charge in [-0.1, -0.05) is 31.8 Å². The molecule has 0 radical (unpaired) electrons. The summed E-state index contributed by atoms with van der Waals surface area (Å²) in [5, 5.41) is 15.0. The Bertz CT molecular complexity index is 594. The summed E-state index contributed by atoms with van der Waals surface area (Å²) in [6, 6.07) is 0.